The van der Waals surface area contributed by atoms with Crippen molar-refractivity contribution >= 4 is 11.6 Å². The summed E-state index contributed by atoms with van der Waals surface area (Å²) in [5, 5.41) is 3.03. The number of piperazine rings is 1. The van der Waals surface area contributed by atoms with Gasteiger partial charge in [0, 0.05) is 44.8 Å². The van der Waals surface area contributed by atoms with Crippen molar-refractivity contribution in [1.82, 2.24) is 9.80 Å². The maximum atomic E-state index is 12.1. The predicted molar refractivity (Wildman–Crippen MR) is 87.7 cm³/mol. The minimum atomic E-state index is 0.113. The number of hydrogen-bond acceptors (Lipinski definition) is 3. The fourth-order valence-corrected chi connectivity index (χ4v) is 2.69. The summed E-state index contributed by atoms with van der Waals surface area (Å²) < 4.78 is 0. The second-order valence-corrected chi connectivity index (χ2v) is 5.82. The highest BCUT2D eigenvalue weighted by Crippen LogP contribution is 2.18. The van der Waals surface area contributed by atoms with Gasteiger partial charge in [0.05, 0.1) is 0 Å². The molecule has 0 spiro atoms. The molecule has 0 aromatic heterocycles. The van der Waals surface area contributed by atoms with Crippen molar-refractivity contribution in [3.63, 3.8) is 0 Å². The topological polar surface area (TPSA) is 35.6 Å². The van der Waals surface area contributed by atoms with Gasteiger partial charge >= 0.3 is 0 Å². The molecule has 116 valence electrons. The van der Waals surface area contributed by atoms with Crippen molar-refractivity contribution in [3.05, 3.63) is 29.3 Å². The van der Waals surface area contributed by atoms with Gasteiger partial charge in [-0.25, -0.2) is 0 Å². The summed E-state index contributed by atoms with van der Waals surface area (Å²) in [5.74, 6) is 0.113. The van der Waals surface area contributed by atoms with E-state index in [0.29, 0.717) is 6.42 Å². The van der Waals surface area contributed by atoms with Crippen molar-refractivity contribution < 1.29 is 4.79 Å². The van der Waals surface area contributed by atoms with Crippen LogP contribution in [-0.4, -0.2) is 55.0 Å². The average molecular weight is 289 g/mol. The van der Waals surface area contributed by atoms with Crippen molar-refractivity contribution in [2.75, 3.05) is 44.6 Å². The zero-order chi connectivity index (χ0) is 15.2. The summed E-state index contributed by atoms with van der Waals surface area (Å²) >= 11 is 0. The Morgan fingerprint density at radius 2 is 1.81 bits per heavy atom. The van der Waals surface area contributed by atoms with Crippen LogP contribution < -0.4 is 5.32 Å². The molecule has 1 amide bonds. The van der Waals surface area contributed by atoms with Crippen LogP contribution in [0.3, 0.4) is 0 Å². The number of anilines is 1. The minimum absolute atomic E-state index is 0.113. The van der Waals surface area contributed by atoms with E-state index < -0.39 is 0 Å². The Morgan fingerprint density at radius 1 is 1.14 bits per heavy atom. The Balaban J connectivity index is 1.76. The normalized spacial score (nSPS) is 16.9. The Labute approximate surface area is 128 Å². The molecule has 1 aliphatic heterocycles. The molecule has 1 saturated heterocycles. The predicted octanol–water partition coefficient (Wildman–Crippen LogP) is 2.27. The third kappa shape index (κ3) is 4.55. The molecule has 1 aromatic rings. The summed E-state index contributed by atoms with van der Waals surface area (Å²) in [6.07, 6.45) is 0.569. The van der Waals surface area contributed by atoms with Gasteiger partial charge in [0.1, 0.15) is 0 Å². The zero-order valence-corrected chi connectivity index (χ0v) is 13.5. The summed E-state index contributed by atoms with van der Waals surface area (Å²) in [6.45, 7) is 12.7. The fourth-order valence-electron chi connectivity index (χ4n) is 2.69. The first-order chi connectivity index (χ1) is 10.1. The van der Waals surface area contributed by atoms with E-state index in [1.165, 1.54) is 5.56 Å². The van der Waals surface area contributed by atoms with Crippen molar-refractivity contribution in [2.24, 2.45) is 0 Å². The molecule has 1 N–H and O–H groups in total. The van der Waals surface area contributed by atoms with Gasteiger partial charge in [-0.05, 0) is 37.6 Å². The molecule has 0 radical (unpaired) electrons. The number of nitrogens with zero attached hydrogens (tertiary/aromatic N) is 2. The molecule has 4 nitrogen and oxygen atoms in total. The number of aryl methyl sites for hydroxylation is 1. The number of nitrogens with one attached hydrogen (secondary N) is 1. The SMILES string of the molecule is CCN1CCN(CCC(=O)Nc2cccc(C)c2C)CC1. The van der Waals surface area contributed by atoms with Gasteiger partial charge in [-0.15, -0.1) is 0 Å². The van der Waals surface area contributed by atoms with E-state index in [9.17, 15) is 4.79 Å². The number of carbonyl (C=O) groups excluding carboxylic acids is 1. The van der Waals surface area contributed by atoms with Gasteiger partial charge in [0.15, 0.2) is 0 Å². The molecule has 1 heterocycles. The number of hydrogen-bond donors (Lipinski definition) is 1. The Kier molecular flexibility index (Phi) is 5.76. The van der Waals surface area contributed by atoms with E-state index >= 15 is 0 Å². The van der Waals surface area contributed by atoms with E-state index in [0.717, 1.165) is 50.5 Å². The van der Waals surface area contributed by atoms with Gasteiger partial charge in [-0.2, -0.15) is 0 Å². The van der Waals surface area contributed by atoms with Crippen LogP contribution >= 0.6 is 0 Å². The van der Waals surface area contributed by atoms with Crippen LogP contribution in [0.25, 0.3) is 0 Å². The molecule has 0 atom stereocenters. The number of rotatable bonds is 5. The lowest BCUT2D eigenvalue weighted by molar-refractivity contribution is -0.116. The highest BCUT2D eigenvalue weighted by atomic mass is 16.1. The molecule has 2 rings (SSSR count). The number of amides is 1. The largest absolute Gasteiger partial charge is 0.326 e. The third-order valence-corrected chi connectivity index (χ3v) is 4.45. The Bertz CT molecular complexity index is 479. The fraction of sp³-hybridized carbons (Fsp3) is 0.588. The van der Waals surface area contributed by atoms with Gasteiger partial charge in [-0.1, -0.05) is 19.1 Å². The lowest BCUT2D eigenvalue weighted by atomic mass is 10.1. The number of likely N-dealkylation sites (N-methyl/N-ethyl adjacent to an activating group) is 1. The van der Waals surface area contributed by atoms with E-state index in [4.69, 9.17) is 0 Å². The molecule has 0 unspecified atom stereocenters. The van der Waals surface area contributed by atoms with E-state index in [1.54, 1.807) is 0 Å². The Hall–Kier alpha value is -1.39. The van der Waals surface area contributed by atoms with Crippen LogP contribution in [0.4, 0.5) is 5.69 Å². The van der Waals surface area contributed by atoms with Gasteiger partial charge in [-0.3, -0.25) is 4.79 Å². The monoisotopic (exact) mass is 289 g/mol. The second-order valence-electron chi connectivity index (χ2n) is 5.82. The van der Waals surface area contributed by atoms with Gasteiger partial charge in [0.2, 0.25) is 5.91 Å². The maximum Gasteiger partial charge on any atom is 0.225 e. The van der Waals surface area contributed by atoms with E-state index in [-0.39, 0.29) is 5.91 Å². The molecule has 1 fully saturated rings. The average Bonchev–Trinajstić information content (AvgIpc) is 2.50. The maximum absolute atomic E-state index is 12.1. The number of carbonyl (C=O) groups is 1. The molecule has 0 bridgehead atoms. The smallest absolute Gasteiger partial charge is 0.225 e. The first-order valence-electron chi connectivity index (χ1n) is 7.91. The second kappa shape index (κ2) is 7.57. The van der Waals surface area contributed by atoms with Crippen LogP contribution in [-0.2, 0) is 4.79 Å². The van der Waals surface area contributed by atoms with E-state index in [1.807, 2.05) is 12.1 Å². The van der Waals surface area contributed by atoms with Crippen LogP contribution in [0, 0.1) is 13.8 Å². The lowest BCUT2D eigenvalue weighted by Gasteiger charge is -2.33. The molecule has 21 heavy (non-hydrogen) atoms. The van der Waals surface area contributed by atoms with E-state index in [2.05, 4.69) is 42.0 Å². The number of benzene rings is 1. The molecule has 0 saturated carbocycles. The van der Waals surface area contributed by atoms with Gasteiger partial charge in [0.25, 0.3) is 0 Å². The zero-order valence-electron chi connectivity index (χ0n) is 13.5. The minimum Gasteiger partial charge on any atom is -0.326 e. The standard InChI is InChI=1S/C17H27N3O/c1-4-19-10-12-20(13-11-19)9-8-17(21)18-16-7-5-6-14(2)15(16)3/h5-7H,4,8-13H2,1-3H3,(H,18,21). The highest BCUT2D eigenvalue weighted by Gasteiger charge is 2.16. The van der Waals surface area contributed by atoms with Crippen molar-refractivity contribution in [1.29, 1.82) is 0 Å². The van der Waals surface area contributed by atoms with Crippen LogP contribution in [0.15, 0.2) is 18.2 Å². The third-order valence-electron chi connectivity index (χ3n) is 4.45. The lowest BCUT2D eigenvalue weighted by Crippen LogP contribution is -2.46. The quantitative estimate of drug-likeness (QED) is 0.903. The molecule has 1 aromatic carbocycles. The summed E-state index contributed by atoms with van der Waals surface area (Å²) in [4.78, 5) is 16.9. The highest BCUT2D eigenvalue weighted by molar-refractivity contribution is 5.91. The summed E-state index contributed by atoms with van der Waals surface area (Å²) in [6, 6.07) is 6.03. The van der Waals surface area contributed by atoms with Crippen LogP contribution in [0.5, 0.6) is 0 Å². The van der Waals surface area contributed by atoms with Crippen LogP contribution in [0.2, 0.25) is 0 Å². The van der Waals surface area contributed by atoms with Crippen molar-refractivity contribution in [2.45, 2.75) is 27.2 Å². The first-order valence-corrected chi connectivity index (χ1v) is 7.91. The Morgan fingerprint density at radius 3 is 2.48 bits per heavy atom. The molecule has 4 heteroatoms. The summed E-state index contributed by atoms with van der Waals surface area (Å²) in [5.41, 5.74) is 3.31. The molecular formula is C17H27N3O. The van der Waals surface area contributed by atoms with Crippen molar-refractivity contribution in [3.8, 4) is 0 Å². The van der Waals surface area contributed by atoms with Crippen LogP contribution in [0.1, 0.15) is 24.5 Å². The van der Waals surface area contributed by atoms with Gasteiger partial charge < -0.3 is 15.1 Å². The summed E-state index contributed by atoms with van der Waals surface area (Å²) in [7, 11) is 0. The first kappa shape index (κ1) is 16.0. The molecular weight excluding hydrogens is 262 g/mol. The molecule has 0 aliphatic carbocycles. The molecule has 1 aliphatic rings.